The number of aryl methyl sites for hydroxylation is 1. The fourth-order valence-electron chi connectivity index (χ4n) is 2.44. The van der Waals surface area contributed by atoms with E-state index in [1.54, 1.807) is 19.3 Å². The lowest BCUT2D eigenvalue weighted by atomic mass is 10.1. The number of hydrogen-bond donors (Lipinski definition) is 1. The average Bonchev–Trinajstić information content (AvgIpc) is 2.73. The highest BCUT2D eigenvalue weighted by atomic mass is 16.2. The molecule has 2 heterocycles. The van der Waals surface area contributed by atoms with Gasteiger partial charge in [-0.1, -0.05) is 0 Å². The van der Waals surface area contributed by atoms with Crippen molar-refractivity contribution in [1.82, 2.24) is 9.47 Å². The lowest BCUT2D eigenvalue weighted by molar-refractivity contribution is 0.0743. The molecule has 0 aliphatic carbocycles. The van der Waals surface area contributed by atoms with Gasteiger partial charge in [0.1, 0.15) is 0 Å². The van der Waals surface area contributed by atoms with Gasteiger partial charge in [-0.2, -0.15) is 0 Å². The zero-order valence-corrected chi connectivity index (χ0v) is 10.8. The summed E-state index contributed by atoms with van der Waals surface area (Å²) in [5.74, 6) is 0.298. The largest absolute Gasteiger partial charge is 0.336 e. The number of nitrogens with zero attached hydrogens (tertiary/aromatic N) is 2. The Kier molecular flexibility index (Phi) is 3.52. The average molecular weight is 249 g/mol. The van der Waals surface area contributed by atoms with Crippen LogP contribution in [0.3, 0.4) is 0 Å². The quantitative estimate of drug-likeness (QED) is 0.813. The molecule has 0 radical (unpaired) electrons. The molecule has 1 aliphatic rings. The molecule has 1 aromatic heterocycles. The molecular weight excluding hydrogens is 230 g/mol. The van der Waals surface area contributed by atoms with Crippen LogP contribution < -0.4 is 11.3 Å². The minimum absolute atomic E-state index is 0.0730. The molecule has 2 atom stereocenters. The van der Waals surface area contributed by atoms with Crippen molar-refractivity contribution in [2.45, 2.75) is 19.4 Å². The van der Waals surface area contributed by atoms with Crippen LogP contribution in [0.25, 0.3) is 0 Å². The predicted octanol–water partition coefficient (Wildman–Crippen LogP) is 0.195. The van der Waals surface area contributed by atoms with E-state index in [-0.39, 0.29) is 17.5 Å². The maximum absolute atomic E-state index is 12.3. The molecule has 0 spiro atoms. The third kappa shape index (κ3) is 2.31. The molecule has 5 nitrogen and oxygen atoms in total. The van der Waals surface area contributed by atoms with Crippen LogP contribution in [0.2, 0.25) is 0 Å². The summed E-state index contributed by atoms with van der Waals surface area (Å²) in [4.78, 5) is 25.7. The van der Waals surface area contributed by atoms with Crippen LogP contribution in [0.4, 0.5) is 0 Å². The molecule has 1 saturated heterocycles. The molecule has 1 fully saturated rings. The van der Waals surface area contributed by atoms with Gasteiger partial charge < -0.3 is 15.2 Å². The molecule has 1 amide bonds. The molecule has 2 rings (SSSR count). The Bertz CT molecular complexity index is 509. The molecule has 18 heavy (non-hydrogen) atoms. The van der Waals surface area contributed by atoms with Gasteiger partial charge in [-0.15, -0.1) is 0 Å². The van der Waals surface area contributed by atoms with Crippen molar-refractivity contribution in [1.29, 1.82) is 0 Å². The Morgan fingerprint density at radius 3 is 2.83 bits per heavy atom. The maximum Gasteiger partial charge on any atom is 0.254 e. The topological polar surface area (TPSA) is 68.3 Å². The van der Waals surface area contributed by atoms with Crippen molar-refractivity contribution in [3.8, 4) is 0 Å². The van der Waals surface area contributed by atoms with Gasteiger partial charge in [0.05, 0.1) is 0 Å². The van der Waals surface area contributed by atoms with Gasteiger partial charge in [-0.05, 0) is 31.9 Å². The molecule has 0 bridgehead atoms. The second kappa shape index (κ2) is 4.94. The van der Waals surface area contributed by atoms with Gasteiger partial charge in [0.25, 0.3) is 11.5 Å². The zero-order valence-electron chi connectivity index (χ0n) is 10.8. The number of aromatic nitrogens is 1. The number of carbonyl (C=O) groups is 1. The first-order chi connectivity index (χ1) is 8.52. The Labute approximate surface area is 106 Å². The summed E-state index contributed by atoms with van der Waals surface area (Å²) in [6, 6.07) is 3.27. The van der Waals surface area contributed by atoms with Crippen molar-refractivity contribution in [3.63, 3.8) is 0 Å². The van der Waals surface area contributed by atoms with E-state index in [0.29, 0.717) is 24.6 Å². The lowest BCUT2D eigenvalue weighted by Gasteiger charge is -2.21. The van der Waals surface area contributed by atoms with Crippen molar-refractivity contribution < 1.29 is 4.79 Å². The minimum Gasteiger partial charge on any atom is -0.336 e. The van der Waals surface area contributed by atoms with Crippen LogP contribution >= 0.6 is 0 Å². The van der Waals surface area contributed by atoms with E-state index in [4.69, 9.17) is 5.73 Å². The van der Waals surface area contributed by atoms with E-state index in [0.717, 1.165) is 6.42 Å². The Hall–Kier alpha value is -1.62. The van der Waals surface area contributed by atoms with Crippen molar-refractivity contribution in [3.05, 3.63) is 34.2 Å². The summed E-state index contributed by atoms with van der Waals surface area (Å²) in [6.45, 7) is 3.31. The highest BCUT2D eigenvalue weighted by molar-refractivity contribution is 5.94. The van der Waals surface area contributed by atoms with Crippen molar-refractivity contribution in [2.75, 3.05) is 13.1 Å². The standard InChI is InChI=1S/C13H19N3O2/c1-9-5-10(7-14)8-16(9)13(18)11-3-4-15(2)12(17)6-11/h3-4,6,9-10H,5,7-8,14H2,1-2H3. The highest BCUT2D eigenvalue weighted by Gasteiger charge is 2.32. The van der Waals surface area contributed by atoms with E-state index in [9.17, 15) is 9.59 Å². The predicted molar refractivity (Wildman–Crippen MR) is 69.3 cm³/mol. The van der Waals surface area contributed by atoms with Crippen LogP contribution in [0.5, 0.6) is 0 Å². The van der Waals surface area contributed by atoms with Crippen LogP contribution in [-0.2, 0) is 7.05 Å². The molecule has 98 valence electrons. The number of carbonyl (C=O) groups excluding carboxylic acids is 1. The van der Waals surface area contributed by atoms with E-state index in [1.165, 1.54) is 10.6 Å². The fourth-order valence-corrected chi connectivity index (χ4v) is 2.44. The second-order valence-corrected chi connectivity index (χ2v) is 5.01. The Balaban J connectivity index is 2.21. The first kappa shape index (κ1) is 12.8. The zero-order chi connectivity index (χ0) is 13.3. The lowest BCUT2D eigenvalue weighted by Crippen LogP contribution is -2.35. The van der Waals surface area contributed by atoms with Gasteiger partial charge in [-0.25, -0.2) is 0 Å². The number of nitrogens with two attached hydrogens (primary N) is 1. The van der Waals surface area contributed by atoms with Gasteiger partial charge >= 0.3 is 0 Å². The highest BCUT2D eigenvalue weighted by Crippen LogP contribution is 2.23. The number of rotatable bonds is 2. The third-order valence-corrected chi connectivity index (χ3v) is 3.61. The SMILES string of the molecule is CC1CC(CN)CN1C(=O)c1ccn(C)c(=O)c1. The van der Waals surface area contributed by atoms with E-state index >= 15 is 0 Å². The van der Waals surface area contributed by atoms with E-state index in [2.05, 4.69) is 0 Å². The summed E-state index contributed by atoms with van der Waals surface area (Å²) in [5, 5.41) is 0. The molecule has 2 unspecified atom stereocenters. The number of amides is 1. The van der Waals surface area contributed by atoms with Gasteiger partial charge in [0, 0.05) is 37.5 Å². The normalized spacial score (nSPS) is 23.4. The van der Waals surface area contributed by atoms with Gasteiger partial charge in [0.2, 0.25) is 0 Å². The number of likely N-dealkylation sites (tertiary alicyclic amines) is 1. The summed E-state index contributed by atoms with van der Waals surface area (Å²) in [7, 11) is 1.67. The molecule has 0 aromatic carbocycles. The molecule has 0 saturated carbocycles. The first-order valence-corrected chi connectivity index (χ1v) is 6.20. The summed E-state index contributed by atoms with van der Waals surface area (Å²) in [6.07, 6.45) is 2.56. The van der Waals surface area contributed by atoms with Crippen LogP contribution in [0, 0.1) is 5.92 Å². The minimum atomic E-state index is -0.164. The van der Waals surface area contributed by atoms with Crippen LogP contribution in [0.1, 0.15) is 23.7 Å². The van der Waals surface area contributed by atoms with Crippen LogP contribution in [-0.4, -0.2) is 34.5 Å². The summed E-state index contributed by atoms with van der Waals surface area (Å²) >= 11 is 0. The van der Waals surface area contributed by atoms with Crippen molar-refractivity contribution in [2.24, 2.45) is 18.7 Å². The molecule has 2 N–H and O–H groups in total. The summed E-state index contributed by atoms with van der Waals surface area (Å²) < 4.78 is 1.45. The second-order valence-electron chi connectivity index (χ2n) is 5.01. The smallest absolute Gasteiger partial charge is 0.254 e. The van der Waals surface area contributed by atoms with Gasteiger partial charge in [0.15, 0.2) is 0 Å². The molecule has 1 aliphatic heterocycles. The fraction of sp³-hybridized carbons (Fsp3) is 0.538. The van der Waals surface area contributed by atoms with E-state index in [1.807, 2.05) is 11.8 Å². The number of hydrogen-bond acceptors (Lipinski definition) is 3. The van der Waals surface area contributed by atoms with Crippen LogP contribution in [0.15, 0.2) is 23.1 Å². The monoisotopic (exact) mass is 249 g/mol. The van der Waals surface area contributed by atoms with Crippen molar-refractivity contribution >= 4 is 5.91 Å². The number of pyridine rings is 1. The van der Waals surface area contributed by atoms with Gasteiger partial charge in [-0.3, -0.25) is 9.59 Å². The molecular formula is C13H19N3O2. The Morgan fingerprint density at radius 2 is 2.28 bits per heavy atom. The summed E-state index contributed by atoms with van der Waals surface area (Å²) in [5.41, 5.74) is 5.95. The molecule has 5 heteroatoms. The molecule has 1 aromatic rings. The first-order valence-electron chi connectivity index (χ1n) is 6.20. The third-order valence-electron chi connectivity index (χ3n) is 3.61. The maximum atomic E-state index is 12.3. The van der Waals surface area contributed by atoms with E-state index < -0.39 is 0 Å². The Morgan fingerprint density at radius 1 is 1.56 bits per heavy atom.